The molecular formula is C23H34N8O5. The fourth-order valence-electron chi connectivity index (χ4n) is 4.23. The highest BCUT2D eigenvalue weighted by atomic mass is 16.4. The van der Waals surface area contributed by atoms with Crippen molar-refractivity contribution in [3.8, 4) is 0 Å². The van der Waals surface area contributed by atoms with Gasteiger partial charge in [0.1, 0.15) is 18.1 Å². The van der Waals surface area contributed by atoms with E-state index in [0.717, 1.165) is 0 Å². The smallest absolute Gasteiger partial charge is 0.326 e. The van der Waals surface area contributed by atoms with Gasteiger partial charge in [0.2, 0.25) is 17.7 Å². The van der Waals surface area contributed by atoms with Gasteiger partial charge in [0.25, 0.3) is 0 Å². The number of likely N-dealkylation sites (tertiary alicyclic amines) is 1. The summed E-state index contributed by atoms with van der Waals surface area (Å²) in [5, 5.41) is 15.0. The van der Waals surface area contributed by atoms with Gasteiger partial charge in [0.05, 0.1) is 18.7 Å². The maximum Gasteiger partial charge on any atom is 0.326 e. The predicted molar refractivity (Wildman–Crippen MR) is 128 cm³/mol. The Labute approximate surface area is 208 Å². The van der Waals surface area contributed by atoms with Crippen LogP contribution >= 0.6 is 0 Å². The number of carbonyl (C=O) groups excluding carboxylic acids is 3. The molecule has 1 saturated heterocycles. The minimum atomic E-state index is -1.06. The summed E-state index contributed by atoms with van der Waals surface area (Å²) in [5.41, 5.74) is 7.33. The molecule has 0 radical (unpaired) electrons. The number of nitrogens with two attached hydrogens (primary N) is 1. The van der Waals surface area contributed by atoms with Gasteiger partial charge in [-0.1, -0.05) is 20.3 Å². The van der Waals surface area contributed by atoms with E-state index in [0.29, 0.717) is 37.2 Å². The van der Waals surface area contributed by atoms with E-state index < -0.39 is 47.9 Å². The first-order valence-electron chi connectivity index (χ1n) is 12.0. The number of aromatic nitrogens is 4. The molecule has 5 atom stereocenters. The average Bonchev–Trinajstić information content (AvgIpc) is 3.63. The number of amides is 3. The quantitative estimate of drug-likeness (QED) is 0.219. The number of aliphatic carboxylic acids is 1. The molecule has 13 nitrogen and oxygen atoms in total. The second kappa shape index (κ2) is 12.3. The van der Waals surface area contributed by atoms with Crippen LogP contribution in [0.4, 0.5) is 0 Å². The predicted octanol–water partition coefficient (Wildman–Crippen LogP) is -0.663. The lowest BCUT2D eigenvalue weighted by Gasteiger charge is -2.31. The topological polar surface area (TPSA) is 199 Å². The molecule has 1 aliphatic rings. The maximum absolute atomic E-state index is 13.4. The number of hydrogen-bond acceptors (Lipinski definition) is 7. The monoisotopic (exact) mass is 502 g/mol. The summed E-state index contributed by atoms with van der Waals surface area (Å²) in [6.45, 7) is 4.01. The van der Waals surface area contributed by atoms with Gasteiger partial charge in [0, 0.05) is 43.2 Å². The minimum absolute atomic E-state index is 0.0945. The highest BCUT2D eigenvalue weighted by Crippen LogP contribution is 2.21. The number of nitrogens with zero attached hydrogens (tertiary/aromatic N) is 3. The average molecular weight is 503 g/mol. The van der Waals surface area contributed by atoms with Crippen LogP contribution in [0.3, 0.4) is 0 Å². The van der Waals surface area contributed by atoms with Crippen LogP contribution in [0.5, 0.6) is 0 Å². The number of carbonyl (C=O) groups is 4. The molecule has 2 aromatic heterocycles. The third-order valence-electron chi connectivity index (χ3n) is 6.54. The van der Waals surface area contributed by atoms with E-state index in [-0.39, 0.29) is 18.8 Å². The van der Waals surface area contributed by atoms with Crippen LogP contribution in [-0.4, -0.2) is 84.3 Å². The highest BCUT2D eigenvalue weighted by molar-refractivity contribution is 5.94. The molecule has 0 bridgehead atoms. The zero-order valence-corrected chi connectivity index (χ0v) is 20.4. The number of nitrogens with one attached hydrogen (secondary N) is 4. The van der Waals surface area contributed by atoms with Crippen molar-refractivity contribution in [1.29, 1.82) is 0 Å². The number of H-pyrrole nitrogens is 2. The van der Waals surface area contributed by atoms with E-state index in [2.05, 4.69) is 30.6 Å². The molecule has 13 heteroatoms. The zero-order valence-electron chi connectivity index (χ0n) is 20.4. The van der Waals surface area contributed by atoms with Crippen LogP contribution in [0.25, 0.3) is 0 Å². The summed E-state index contributed by atoms with van der Waals surface area (Å²) >= 11 is 0. The number of imidazole rings is 2. The van der Waals surface area contributed by atoms with Gasteiger partial charge in [-0.15, -0.1) is 0 Å². The second-order valence-electron chi connectivity index (χ2n) is 9.13. The number of rotatable bonds is 12. The summed E-state index contributed by atoms with van der Waals surface area (Å²) < 4.78 is 0. The van der Waals surface area contributed by atoms with Crippen LogP contribution in [0.15, 0.2) is 25.0 Å². The lowest BCUT2D eigenvalue weighted by atomic mass is 9.96. The van der Waals surface area contributed by atoms with Crippen molar-refractivity contribution in [2.75, 3.05) is 6.54 Å². The SMILES string of the molecule is CCC(C)C(NC(=O)C(Cc1cnc[nH]1)NC(=O)C(N)Cc1cnc[nH]1)C(=O)N1CCCC1C(=O)O. The summed E-state index contributed by atoms with van der Waals surface area (Å²) in [7, 11) is 0. The summed E-state index contributed by atoms with van der Waals surface area (Å²) in [6, 6.07) is -3.83. The Morgan fingerprint density at radius 3 is 2.31 bits per heavy atom. The molecule has 5 unspecified atom stereocenters. The maximum atomic E-state index is 13.4. The van der Waals surface area contributed by atoms with Crippen molar-refractivity contribution in [3.63, 3.8) is 0 Å². The molecule has 1 fully saturated rings. The van der Waals surface area contributed by atoms with Gasteiger partial charge in [-0.25, -0.2) is 14.8 Å². The van der Waals surface area contributed by atoms with Crippen LogP contribution in [-0.2, 0) is 32.0 Å². The molecule has 0 aliphatic carbocycles. The fraction of sp³-hybridized carbons (Fsp3) is 0.565. The lowest BCUT2D eigenvalue weighted by molar-refractivity contribution is -0.150. The van der Waals surface area contributed by atoms with Crippen molar-refractivity contribution in [2.24, 2.45) is 11.7 Å². The van der Waals surface area contributed by atoms with Crippen LogP contribution < -0.4 is 16.4 Å². The summed E-state index contributed by atoms with van der Waals surface area (Å²) in [4.78, 5) is 66.2. The fourth-order valence-corrected chi connectivity index (χ4v) is 4.23. The van der Waals surface area contributed by atoms with Gasteiger partial charge in [-0.2, -0.15) is 0 Å². The van der Waals surface area contributed by atoms with Gasteiger partial charge >= 0.3 is 5.97 Å². The molecule has 7 N–H and O–H groups in total. The van der Waals surface area contributed by atoms with Crippen molar-refractivity contribution in [2.45, 2.75) is 70.1 Å². The third kappa shape index (κ3) is 6.68. The Morgan fingerprint density at radius 1 is 1.11 bits per heavy atom. The van der Waals surface area contributed by atoms with E-state index in [1.807, 2.05) is 13.8 Å². The summed E-state index contributed by atoms with van der Waals surface area (Å²) in [6.07, 6.45) is 7.86. The zero-order chi connectivity index (χ0) is 26.2. The van der Waals surface area contributed by atoms with Crippen molar-refractivity contribution >= 4 is 23.7 Å². The Kier molecular flexibility index (Phi) is 9.17. The van der Waals surface area contributed by atoms with Crippen molar-refractivity contribution in [3.05, 3.63) is 36.4 Å². The molecule has 36 heavy (non-hydrogen) atoms. The Bertz CT molecular complexity index is 1030. The van der Waals surface area contributed by atoms with Crippen molar-refractivity contribution in [1.82, 2.24) is 35.5 Å². The largest absolute Gasteiger partial charge is 0.480 e. The van der Waals surface area contributed by atoms with E-state index in [4.69, 9.17) is 5.73 Å². The highest BCUT2D eigenvalue weighted by Gasteiger charge is 2.40. The molecule has 3 heterocycles. The lowest BCUT2D eigenvalue weighted by Crippen LogP contribution is -2.59. The molecule has 196 valence electrons. The molecule has 3 amide bonds. The Hall–Kier alpha value is -3.74. The van der Waals surface area contributed by atoms with Crippen molar-refractivity contribution < 1.29 is 24.3 Å². The van der Waals surface area contributed by atoms with Gasteiger partial charge < -0.3 is 36.3 Å². The van der Waals surface area contributed by atoms with E-state index in [9.17, 15) is 24.3 Å². The normalized spacial score (nSPS) is 18.8. The van der Waals surface area contributed by atoms with Gasteiger partial charge in [-0.3, -0.25) is 14.4 Å². The molecule has 0 aromatic carbocycles. The van der Waals surface area contributed by atoms with E-state index in [1.54, 1.807) is 6.20 Å². The second-order valence-corrected chi connectivity index (χ2v) is 9.13. The molecule has 0 saturated carbocycles. The minimum Gasteiger partial charge on any atom is -0.480 e. The molecule has 0 spiro atoms. The first-order valence-corrected chi connectivity index (χ1v) is 12.0. The first-order chi connectivity index (χ1) is 17.2. The molecule has 1 aliphatic heterocycles. The Balaban J connectivity index is 1.75. The Morgan fingerprint density at radius 2 is 1.75 bits per heavy atom. The van der Waals surface area contributed by atoms with Crippen LogP contribution in [0, 0.1) is 5.92 Å². The van der Waals surface area contributed by atoms with Gasteiger partial charge in [0.15, 0.2) is 0 Å². The number of carboxylic acid groups (broad SMARTS) is 1. The first kappa shape index (κ1) is 26.9. The number of aromatic amines is 2. The van der Waals surface area contributed by atoms with Gasteiger partial charge in [-0.05, 0) is 18.8 Å². The van der Waals surface area contributed by atoms with E-state index >= 15 is 0 Å². The molecular weight excluding hydrogens is 468 g/mol. The van der Waals surface area contributed by atoms with Crippen LogP contribution in [0.2, 0.25) is 0 Å². The number of hydrogen-bond donors (Lipinski definition) is 6. The molecule has 2 aromatic rings. The number of carboxylic acids is 1. The van der Waals surface area contributed by atoms with Crippen LogP contribution in [0.1, 0.15) is 44.5 Å². The standard InChI is InChI=1S/C23H34N8O5/c1-3-13(2)19(22(34)31-6-4-5-18(31)23(35)36)30-21(33)17(8-15-10-26-12-28-15)29-20(32)16(24)7-14-9-25-11-27-14/h9-13,16-19H,3-8,24H2,1-2H3,(H,25,27)(H,26,28)(H,29,32)(H,30,33)(H,35,36). The summed E-state index contributed by atoms with van der Waals surface area (Å²) in [5.74, 6) is -2.88. The third-order valence-corrected chi connectivity index (χ3v) is 6.54. The van der Waals surface area contributed by atoms with E-state index in [1.165, 1.54) is 23.8 Å². The molecule has 3 rings (SSSR count).